The summed E-state index contributed by atoms with van der Waals surface area (Å²) in [5.74, 6) is 0. The van der Waals surface area contributed by atoms with Gasteiger partial charge in [0.2, 0.25) is 0 Å². The van der Waals surface area contributed by atoms with Crippen molar-refractivity contribution in [3.8, 4) is 0 Å². The van der Waals surface area contributed by atoms with E-state index in [-0.39, 0.29) is 0 Å². The fourth-order valence-corrected chi connectivity index (χ4v) is 1.93. The lowest BCUT2D eigenvalue weighted by Crippen LogP contribution is -2.30. The van der Waals surface area contributed by atoms with Gasteiger partial charge in [-0.3, -0.25) is 4.90 Å². The van der Waals surface area contributed by atoms with Gasteiger partial charge < -0.3 is 4.84 Å². The molecule has 0 bridgehead atoms. The Morgan fingerprint density at radius 2 is 2.36 bits per heavy atom. The maximum atomic E-state index is 4.80. The van der Waals surface area contributed by atoms with Crippen LogP contribution in [0.3, 0.4) is 0 Å². The summed E-state index contributed by atoms with van der Waals surface area (Å²) in [4.78, 5) is 7.29. The van der Waals surface area contributed by atoms with Gasteiger partial charge >= 0.3 is 0 Å². The third kappa shape index (κ3) is 3.29. The van der Waals surface area contributed by atoms with E-state index in [9.17, 15) is 0 Å². The maximum Gasteiger partial charge on any atom is 0.106 e. The number of nitrogens with zero attached hydrogens (tertiary/aromatic N) is 2. The molecule has 1 aliphatic heterocycles. The van der Waals surface area contributed by atoms with E-state index in [1.807, 2.05) is 0 Å². The molecule has 1 saturated heterocycles. The van der Waals surface area contributed by atoms with Crippen LogP contribution < -0.4 is 0 Å². The van der Waals surface area contributed by atoms with Crippen LogP contribution in [0.1, 0.15) is 39.5 Å². The van der Waals surface area contributed by atoms with E-state index in [2.05, 4.69) is 23.9 Å². The molecular weight excluding hydrogens is 176 g/mol. The van der Waals surface area contributed by atoms with E-state index in [0.29, 0.717) is 6.04 Å². The van der Waals surface area contributed by atoms with Crippen LogP contribution >= 0.6 is 0 Å². The summed E-state index contributed by atoms with van der Waals surface area (Å²) in [6.07, 6.45) is 4.99. The van der Waals surface area contributed by atoms with Crippen LogP contribution in [0.15, 0.2) is 5.16 Å². The van der Waals surface area contributed by atoms with Gasteiger partial charge in [0.1, 0.15) is 7.11 Å². The van der Waals surface area contributed by atoms with Gasteiger partial charge in [-0.1, -0.05) is 24.9 Å². The van der Waals surface area contributed by atoms with Crippen LogP contribution in [0.5, 0.6) is 0 Å². The summed E-state index contributed by atoms with van der Waals surface area (Å²) >= 11 is 0. The molecule has 0 aromatic carbocycles. The second-order valence-corrected chi connectivity index (χ2v) is 4.05. The predicted molar refractivity (Wildman–Crippen MR) is 59.6 cm³/mol. The molecule has 0 aliphatic carbocycles. The second kappa shape index (κ2) is 6.02. The van der Waals surface area contributed by atoms with Crippen molar-refractivity contribution < 1.29 is 4.84 Å². The lowest BCUT2D eigenvalue weighted by atomic mass is 10.1. The van der Waals surface area contributed by atoms with E-state index in [1.54, 1.807) is 7.11 Å². The predicted octanol–water partition coefficient (Wildman–Crippen LogP) is 2.27. The molecule has 0 amide bonds. The van der Waals surface area contributed by atoms with Gasteiger partial charge in [0.15, 0.2) is 0 Å². The molecule has 0 spiro atoms. The summed E-state index contributed by atoms with van der Waals surface area (Å²) in [7, 11) is 1.62. The molecular formula is C11H22N2O. The van der Waals surface area contributed by atoms with Crippen LogP contribution in [0, 0.1) is 0 Å². The number of likely N-dealkylation sites (tertiary alicyclic amines) is 1. The second-order valence-electron chi connectivity index (χ2n) is 4.05. The summed E-state index contributed by atoms with van der Waals surface area (Å²) in [6, 6.07) is 0.694. The summed E-state index contributed by atoms with van der Waals surface area (Å²) in [6.45, 7) is 6.70. The minimum atomic E-state index is 0.694. The third-order valence-corrected chi connectivity index (χ3v) is 2.89. The van der Waals surface area contributed by atoms with Gasteiger partial charge in [-0.05, 0) is 13.3 Å². The molecule has 1 heterocycles. The highest BCUT2D eigenvalue weighted by molar-refractivity contribution is 5.87. The molecule has 14 heavy (non-hydrogen) atoms. The number of unbranched alkanes of at least 4 members (excludes halogenated alkanes) is 1. The Hall–Kier alpha value is -0.570. The van der Waals surface area contributed by atoms with Crippen molar-refractivity contribution in [3.63, 3.8) is 0 Å². The first kappa shape index (κ1) is 11.5. The SMILES string of the molecule is CCCCC(C)N1CC/C(=N/OC)C1. The van der Waals surface area contributed by atoms with Gasteiger partial charge in [-0.15, -0.1) is 0 Å². The average Bonchev–Trinajstić information content (AvgIpc) is 2.63. The molecule has 82 valence electrons. The Balaban J connectivity index is 2.30. The number of hydrogen-bond acceptors (Lipinski definition) is 3. The fraction of sp³-hybridized carbons (Fsp3) is 0.909. The van der Waals surface area contributed by atoms with E-state index in [4.69, 9.17) is 4.84 Å². The quantitative estimate of drug-likeness (QED) is 0.633. The van der Waals surface area contributed by atoms with Crippen molar-refractivity contribution >= 4 is 5.71 Å². The molecule has 0 N–H and O–H groups in total. The molecule has 1 unspecified atom stereocenters. The van der Waals surface area contributed by atoms with Gasteiger partial charge in [0, 0.05) is 25.6 Å². The Kier molecular flexibility index (Phi) is 4.94. The van der Waals surface area contributed by atoms with Crippen molar-refractivity contribution in [2.24, 2.45) is 5.16 Å². The first-order valence-corrected chi connectivity index (χ1v) is 5.60. The third-order valence-electron chi connectivity index (χ3n) is 2.89. The van der Waals surface area contributed by atoms with E-state index in [1.165, 1.54) is 25.0 Å². The van der Waals surface area contributed by atoms with Gasteiger partial charge in [-0.25, -0.2) is 0 Å². The largest absolute Gasteiger partial charge is 0.399 e. The van der Waals surface area contributed by atoms with Gasteiger partial charge in [-0.2, -0.15) is 0 Å². The molecule has 0 radical (unpaired) electrons. The monoisotopic (exact) mass is 198 g/mol. The van der Waals surface area contributed by atoms with Crippen LogP contribution in [-0.2, 0) is 4.84 Å². The number of hydrogen-bond donors (Lipinski definition) is 0. The first-order valence-electron chi connectivity index (χ1n) is 5.60. The zero-order chi connectivity index (χ0) is 10.4. The number of oxime groups is 1. The molecule has 0 aromatic heterocycles. The molecule has 3 heteroatoms. The fourth-order valence-electron chi connectivity index (χ4n) is 1.93. The van der Waals surface area contributed by atoms with Crippen molar-refractivity contribution in [3.05, 3.63) is 0 Å². The van der Waals surface area contributed by atoms with E-state index < -0.39 is 0 Å². The molecule has 3 nitrogen and oxygen atoms in total. The normalized spacial score (nSPS) is 22.9. The Labute approximate surface area is 87.1 Å². The van der Waals surface area contributed by atoms with Crippen LogP contribution in [0.25, 0.3) is 0 Å². The molecule has 1 aliphatic rings. The van der Waals surface area contributed by atoms with Gasteiger partial charge in [0.25, 0.3) is 0 Å². The van der Waals surface area contributed by atoms with Gasteiger partial charge in [0.05, 0.1) is 5.71 Å². The lowest BCUT2D eigenvalue weighted by Gasteiger charge is -2.22. The highest BCUT2D eigenvalue weighted by Crippen LogP contribution is 2.14. The zero-order valence-corrected chi connectivity index (χ0v) is 9.62. The Morgan fingerprint density at radius 1 is 1.57 bits per heavy atom. The minimum Gasteiger partial charge on any atom is -0.399 e. The van der Waals surface area contributed by atoms with Crippen molar-refractivity contribution in [1.29, 1.82) is 0 Å². The van der Waals surface area contributed by atoms with Crippen molar-refractivity contribution in [1.82, 2.24) is 4.90 Å². The van der Waals surface area contributed by atoms with Crippen molar-refractivity contribution in [2.45, 2.75) is 45.6 Å². The van der Waals surface area contributed by atoms with Crippen LogP contribution in [0.4, 0.5) is 0 Å². The molecule has 1 fully saturated rings. The van der Waals surface area contributed by atoms with Crippen LogP contribution in [0.2, 0.25) is 0 Å². The van der Waals surface area contributed by atoms with Crippen molar-refractivity contribution in [2.75, 3.05) is 20.2 Å². The summed E-state index contributed by atoms with van der Waals surface area (Å²) in [5, 5.41) is 4.01. The maximum absolute atomic E-state index is 4.80. The molecule has 1 rings (SSSR count). The van der Waals surface area contributed by atoms with E-state index in [0.717, 1.165) is 19.5 Å². The highest BCUT2D eigenvalue weighted by Gasteiger charge is 2.22. The number of rotatable bonds is 5. The highest BCUT2D eigenvalue weighted by atomic mass is 16.6. The standard InChI is InChI=1S/C11H22N2O/c1-4-5-6-10(2)13-8-7-11(9-13)12-14-3/h10H,4-9H2,1-3H3/b12-11-. The molecule has 0 aromatic rings. The Morgan fingerprint density at radius 3 is 3.00 bits per heavy atom. The smallest absolute Gasteiger partial charge is 0.106 e. The molecule has 1 atom stereocenters. The summed E-state index contributed by atoms with van der Waals surface area (Å²) in [5.41, 5.74) is 1.19. The zero-order valence-electron chi connectivity index (χ0n) is 9.62. The Bertz CT molecular complexity index is 192. The topological polar surface area (TPSA) is 24.8 Å². The van der Waals surface area contributed by atoms with E-state index >= 15 is 0 Å². The lowest BCUT2D eigenvalue weighted by molar-refractivity contribution is 0.210. The van der Waals surface area contributed by atoms with Crippen LogP contribution in [-0.4, -0.2) is 36.9 Å². The molecule has 0 saturated carbocycles. The summed E-state index contributed by atoms with van der Waals surface area (Å²) < 4.78 is 0. The first-order chi connectivity index (χ1) is 6.77. The average molecular weight is 198 g/mol. The minimum absolute atomic E-state index is 0.694.